The van der Waals surface area contributed by atoms with Gasteiger partial charge in [0.05, 0.1) is 11.4 Å². The van der Waals surface area contributed by atoms with Crippen molar-refractivity contribution in [2.45, 2.75) is 18.8 Å². The molecule has 1 heterocycles. The number of aromatic nitrogens is 2. The Morgan fingerprint density at radius 3 is 2.65 bits per heavy atom. The molecular weight excluding hydrogens is 256 g/mol. The number of anilines is 2. The van der Waals surface area contributed by atoms with Gasteiger partial charge in [-0.05, 0) is 37.1 Å². The van der Waals surface area contributed by atoms with Crippen molar-refractivity contribution in [3.05, 3.63) is 35.7 Å². The van der Waals surface area contributed by atoms with Gasteiger partial charge in [-0.15, -0.1) is 0 Å². The van der Waals surface area contributed by atoms with Gasteiger partial charge < -0.3 is 15.7 Å². The number of carbonyl (C=O) groups excluding carboxylic acids is 1. The minimum Gasteiger partial charge on any atom is -0.508 e. The van der Waals surface area contributed by atoms with Crippen LogP contribution in [0.1, 0.15) is 34.9 Å². The molecule has 1 aromatic carbocycles. The van der Waals surface area contributed by atoms with Crippen molar-refractivity contribution in [3.8, 4) is 5.75 Å². The Labute approximate surface area is 116 Å². The summed E-state index contributed by atoms with van der Waals surface area (Å²) in [5.41, 5.74) is 8.24. The van der Waals surface area contributed by atoms with E-state index < -0.39 is 0 Å². The zero-order valence-corrected chi connectivity index (χ0v) is 11.1. The van der Waals surface area contributed by atoms with Crippen molar-refractivity contribution in [2.75, 3.05) is 17.7 Å². The van der Waals surface area contributed by atoms with Crippen molar-refractivity contribution >= 4 is 17.3 Å². The summed E-state index contributed by atoms with van der Waals surface area (Å²) in [5, 5.41) is 16.2. The van der Waals surface area contributed by atoms with E-state index in [0.29, 0.717) is 17.3 Å². The van der Waals surface area contributed by atoms with Gasteiger partial charge in [-0.2, -0.15) is 5.10 Å². The number of phenolic OH excluding ortho intramolecular Hbond substituents is 1. The second-order valence-corrected chi connectivity index (χ2v) is 5.05. The summed E-state index contributed by atoms with van der Waals surface area (Å²) in [6.07, 6.45) is 2.18. The molecule has 6 nitrogen and oxygen atoms in total. The number of nitrogens with one attached hydrogen (secondary N) is 1. The Balaban J connectivity index is 1.86. The second-order valence-electron chi connectivity index (χ2n) is 5.05. The molecule has 1 aliphatic carbocycles. The molecule has 4 N–H and O–H groups in total. The van der Waals surface area contributed by atoms with Gasteiger partial charge in [-0.25, -0.2) is 0 Å². The molecule has 0 unspecified atom stereocenters. The molecule has 104 valence electrons. The van der Waals surface area contributed by atoms with E-state index >= 15 is 0 Å². The van der Waals surface area contributed by atoms with Crippen LogP contribution in [-0.4, -0.2) is 28.3 Å². The highest BCUT2D eigenvalue weighted by Gasteiger charge is 2.31. The maximum atomic E-state index is 12.4. The van der Waals surface area contributed by atoms with Crippen molar-refractivity contribution < 1.29 is 9.90 Å². The third kappa shape index (κ3) is 2.09. The van der Waals surface area contributed by atoms with Gasteiger partial charge in [-0.3, -0.25) is 9.89 Å². The monoisotopic (exact) mass is 272 g/mol. The lowest BCUT2D eigenvalue weighted by atomic mass is 10.2. The summed E-state index contributed by atoms with van der Waals surface area (Å²) in [6, 6.07) is 6.39. The number of rotatable bonds is 3. The van der Waals surface area contributed by atoms with Crippen LogP contribution in [0.15, 0.2) is 24.3 Å². The largest absolute Gasteiger partial charge is 0.508 e. The van der Waals surface area contributed by atoms with Gasteiger partial charge in [0.1, 0.15) is 5.75 Å². The summed E-state index contributed by atoms with van der Waals surface area (Å²) in [5.74, 6) is 0.310. The standard InChI is InChI=1S/C14H16N4O2/c1-18(9-4-6-10(19)7-5-9)14(20)13-11(15)12(16-17-13)8-2-3-8/h4-8,19H,2-3,15H2,1H3,(H,16,17). The lowest BCUT2D eigenvalue weighted by Crippen LogP contribution is -2.27. The summed E-state index contributed by atoms with van der Waals surface area (Å²) < 4.78 is 0. The number of aromatic amines is 1. The quantitative estimate of drug-likeness (QED) is 0.794. The maximum absolute atomic E-state index is 12.4. The maximum Gasteiger partial charge on any atom is 0.280 e. The molecule has 1 saturated carbocycles. The number of nitrogens with two attached hydrogens (primary N) is 1. The van der Waals surface area contributed by atoms with Gasteiger partial charge >= 0.3 is 0 Å². The fourth-order valence-electron chi connectivity index (χ4n) is 2.16. The first kappa shape index (κ1) is 12.5. The van der Waals surface area contributed by atoms with Crippen LogP contribution in [0, 0.1) is 0 Å². The lowest BCUT2D eigenvalue weighted by Gasteiger charge is -2.16. The number of hydrogen-bond donors (Lipinski definition) is 3. The van der Waals surface area contributed by atoms with Gasteiger partial charge in [0.15, 0.2) is 5.69 Å². The minimum absolute atomic E-state index is 0.157. The number of aromatic hydroxyl groups is 1. The lowest BCUT2D eigenvalue weighted by molar-refractivity contribution is 0.0989. The highest BCUT2D eigenvalue weighted by atomic mass is 16.3. The first-order chi connectivity index (χ1) is 9.58. The fraction of sp³-hybridized carbons (Fsp3) is 0.286. The smallest absolute Gasteiger partial charge is 0.280 e. The number of H-pyrrole nitrogens is 1. The molecule has 0 aliphatic heterocycles. The number of carbonyl (C=O) groups is 1. The first-order valence-corrected chi connectivity index (χ1v) is 6.48. The molecule has 0 bridgehead atoms. The van der Waals surface area contributed by atoms with Gasteiger partial charge in [0.25, 0.3) is 5.91 Å². The molecule has 1 fully saturated rings. The van der Waals surface area contributed by atoms with E-state index in [1.165, 1.54) is 17.0 Å². The third-order valence-electron chi connectivity index (χ3n) is 3.56. The normalized spacial score (nSPS) is 14.2. The predicted molar refractivity (Wildman–Crippen MR) is 75.8 cm³/mol. The number of nitrogen functional groups attached to an aromatic ring is 1. The number of nitrogens with zero attached hydrogens (tertiary/aromatic N) is 2. The summed E-state index contributed by atoms with van der Waals surface area (Å²) in [7, 11) is 1.65. The van der Waals surface area contributed by atoms with E-state index in [0.717, 1.165) is 18.5 Å². The third-order valence-corrected chi connectivity index (χ3v) is 3.56. The SMILES string of the molecule is CN(C(=O)c1n[nH]c(C2CC2)c1N)c1ccc(O)cc1. The minimum atomic E-state index is -0.267. The number of benzene rings is 1. The molecule has 1 aromatic heterocycles. The Morgan fingerprint density at radius 1 is 1.40 bits per heavy atom. The van der Waals surface area contributed by atoms with Crippen LogP contribution in [0.2, 0.25) is 0 Å². The molecule has 0 atom stereocenters. The van der Waals surface area contributed by atoms with E-state index in [1.807, 2.05) is 0 Å². The average molecular weight is 272 g/mol. The zero-order chi connectivity index (χ0) is 14.3. The van der Waals surface area contributed by atoms with E-state index in [2.05, 4.69) is 10.2 Å². The van der Waals surface area contributed by atoms with Gasteiger partial charge in [-0.1, -0.05) is 0 Å². The van der Waals surface area contributed by atoms with Crippen LogP contribution in [0.5, 0.6) is 5.75 Å². The van der Waals surface area contributed by atoms with Gasteiger partial charge in [0.2, 0.25) is 0 Å². The van der Waals surface area contributed by atoms with E-state index in [1.54, 1.807) is 19.2 Å². The highest BCUT2D eigenvalue weighted by molar-refractivity contribution is 6.07. The fourth-order valence-corrected chi connectivity index (χ4v) is 2.16. The molecule has 1 amide bonds. The molecule has 0 saturated heterocycles. The first-order valence-electron chi connectivity index (χ1n) is 6.48. The van der Waals surface area contributed by atoms with E-state index in [9.17, 15) is 9.90 Å². The predicted octanol–water partition coefficient (Wildman–Crippen LogP) is 1.85. The van der Waals surface area contributed by atoms with Crippen LogP contribution in [0.4, 0.5) is 11.4 Å². The molecule has 6 heteroatoms. The molecule has 2 aromatic rings. The Hall–Kier alpha value is -2.50. The highest BCUT2D eigenvalue weighted by Crippen LogP contribution is 2.42. The summed E-state index contributed by atoms with van der Waals surface area (Å²) in [6.45, 7) is 0. The average Bonchev–Trinajstić information content (AvgIpc) is 3.21. The van der Waals surface area contributed by atoms with Crippen LogP contribution in [-0.2, 0) is 0 Å². The molecule has 0 spiro atoms. The van der Waals surface area contributed by atoms with Crippen LogP contribution < -0.4 is 10.6 Å². The van der Waals surface area contributed by atoms with E-state index in [4.69, 9.17) is 5.73 Å². The topological polar surface area (TPSA) is 95.2 Å². The van der Waals surface area contributed by atoms with Crippen LogP contribution >= 0.6 is 0 Å². The van der Waals surface area contributed by atoms with Crippen molar-refractivity contribution in [1.82, 2.24) is 10.2 Å². The van der Waals surface area contributed by atoms with Crippen LogP contribution in [0.3, 0.4) is 0 Å². The number of amides is 1. The molecule has 0 radical (unpaired) electrons. The Bertz CT molecular complexity index is 644. The summed E-state index contributed by atoms with van der Waals surface area (Å²) in [4.78, 5) is 13.9. The number of phenols is 1. The molecule has 3 rings (SSSR count). The zero-order valence-electron chi connectivity index (χ0n) is 11.1. The van der Waals surface area contributed by atoms with Crippen molar-refractivity contribution in [3.63, 3.8) is 0 Å². The molecular formula is C14H16N4O2. The molecule has 20 heavy (non-hydrogen) atoms. The molecule has 1 aliphatic rings. The van der Waals surface area contributed by atoms with Gasteiger partial charge in [0, 0.05) is 18.7 Å². The van der Waals surface area contributed by atoms with Crippen LogP contribution in [0.25, 0.3) is 0 Å². The Morgan fingerprint density at radius 2 is 2.05 bits per heavy atom. The van der Waals surface area contributed by atoms with E-state index in [-0.39, 0.29) is 17.4 Å². The Kier molecular flexibility index (Phi) is 2.85. The van der Waals surface area contributed by atoms with Crippen molar-refractivity contribution in [2.24, 2.45) is 0 Å². The second kappa shape index (κ2) is 4.56. The van der Waals surface area contributed by atoms with Crippen molar-refractivity contribution in [1.29, 1.82) is 0 Å². The summed E-state index contributed by atoms with van der Waals surface area (Å²) >= 11 is 0. The number of hydrogen-bond acceptors (Lipinski definition) is 4.